The predicted molar refractivity (Wildman–Crippen MR) is 56.7 cm³/mol. The standard InChI is InChI=1S/C11H17NO3/c1-9-5-6-10(15-9)11(14)12-7-3-2-4-8-13/h5-6,13H,2-4,7-8H2,1H3,(H,12,14). The van der Waals surface area contributed by atoms with Crippen LogP contribution in [0.15, 0.2) is 16.5 Å². The van der Waals surface area contributed by atoms with Crippen LogP contribution in [0.25, 0.3) is 0 Å². The molecule has 1 heterocycles. The van der Waals surface area contributed by atoms with Crippen LogP contribution in [-0.2, 0) is 0 Å². The number of hydrogen-bond acceptors (Lipinski definition) is 3. The Morgan fingerprint density at radius 3 is 2.80 bits per heavy atom. The maximum atomic E-state index is 11.4. The van der Waals surface area contributed by atoms with E-state index >= 15 is 0 Å². The van der Waals surface area contributed by atoms with Crippen molar-refractivity contribution in [1.29, 1.82) is 0 Å². The van der Waals surface area contributed by atoms with Crippen LogP contribution in [0, 0.1) is 6.92 Å². The molecule has 0 atom stereocenters. The minimum absolute atomic E-state index is 0.174. The summed E-state index contributed by atoms with van der Waals surface area (Å²) in [4.78, 5) is 11.4. The van der Waals surface area contributed by atoms with Gasteiger partial charge in [-0.25, -0.2) is 0 Å². The average Bonchev–Trinajstić information content (AvgIpc) is 2.64. The summed E-state index contributed by atoms with van der Waals surface area (Å²) in [7, 11) is 0. The summed E-state index contributed by atoms with van der Waals surface area (Å²) in [6.45, 7) is 2.64. The van der Waals surface area contributed by atoms with Crippen molar-refractivity contribution in [2.45, 2.75) is 26.2 Å². The van der Waals surface area contributed by atoms with E-state index in [4.69, 9.17) is 9.52 Å². The molecule has 0 saturated heterocycles. The van der Waals surface area contributed by atoms with Crippen molar-refractivity contribution in [3.8, 4) is 0 Å². The Labute approximate surface area is 89.3 Å². The summed E-state index contributed by atoms with van der Waals surface area (Å²) in [6, 6.07) is 3.43. The lowest BCUT2D eigenvalue weighted by Crippen LogP contribution is -2.23. The molecule has 4 nitrogen and oxygen atoms in total. The maximum Gasteiger partial charge on any atom is 0.286 e. The van der Waals surface area contributed by atoms with Crippen LogP contribution in [0.2, 0.25) is 0 Å². The molecule has 0 aliphatic carbocycles. The zero-order valence-corrected chi connectivity index (χ0v) is 8.95. The molecule has 1 aromatic heterocycles. The highest BCUT2D eigenvalue weighted by molar-refractivity contribution is 5.91. The molecule has 0 radical (unpaired) electrons. The van der Waals surface area contributed by atoms with E-state index in [1.807, 2.05) is 0 Å². The second-order valence-electron chi connectivity index (χ2n) is 3.45. The van der Waals surface area contributed by atoms with Gasteiger partial charge in [0.1, 0.15) is 5.76 Å². The fourth-order valence-corrected chi connectivity index (χ4v) is 1.26. The quantitative estimate of drug-likeness (QED) is 0.700. The molecule has 0 spiro atoms. The van der Waals surface area contributed by atoms with Crippen LogP contribution < -0.4 is 5.32 Å². The molecular weight excluding hydrogens is 194 g/mol. The second kappa shape index (κ2) is 6.24. The van der Waals surface area contributed by atoms with Crippen molar-refractivity contribution >= 4 is 5.91 Å². The van der Waals surface area contributed by atoms with E-state index in [0.717, 1.165) is 25.0 Å². The van der Waals surface area contributed by atoms with Crippen LogP contribution in [-0.4, -0.2) is 24.2 Å². The number of hydrogen-bond donors (Lipinski definition) is 2. The fourth-order valence-electron chi connectivity index (χ4n) is 1.26. The highest BCUT2D eigenvalue weighted by Gasteiger charge is 2.08. The lowest BCUT2D eigenvalue weighted by Gasteiger charge is -2.02. The van der Waals surface area contributed by atoms with Crippen molar-refractivity contribution in [3.05, 3.63) is 23.7 Å². The third-order valence-corrected chi connectivity index (χ3v) is 2.08. The van der Waals surface area contributed by atoms with E-state index in [1.54, 1.807) is 19.1 Å². The molecule has 15 heavy (non-hydrogen) atoms. The number of aryl methyl sites for hydroxylation is 1. The van der Waals surface area contributed by atoms with E-state index in [-0.39, 0.29) is 12.5 Å². The number of furan rings is 1. The van der Waals surface area contributed by atoms with E-state index in [9.17, 15) is 4.79 Å². The first-order chi connectivity index (χ1) is 7.24. The molecule has 0 aliphatic rings. The molecule has 0 saturated carbocycles. The number of unbranched alkanes of at least 4 members (excludes halogenated alkanes) is 2. The number of nitrogens with one attached hydrogen (secondary N) is 1. The first-order valence-corrected chi connectivity index (χ1v) is 5.19. The Hall–Kier alpha value is -1.29. The van der Waals surface area contributed by atoms with Crippen molar-refractivity contribution < 1.29 is 14.3 Å². The third-order valence-electron chi connectivity index (χ3n) is 2.08. The topological polar surface area (TPSA) is 62.5 Å². The van der Waals surface area contributed by atoms with Crippen LogP contribution in [0.5, 0.6) is 0 Å². The van der Waals surface area contributed by atoms with Gasteiger partial charge in [0.25, 0.3) is 5.91 Å². The number of rotatable bonds is 6. The van der Waals surface area contributed by atoms with E-state index in [0.29, 0.717) is 12.3 Å². The highest BCUT2D eigenvalue weighted by Crippen LogP contribution is 2.05. The third kappa shape index (κ3) is 4.16. The van der Waals surface area contributed by atoms with Gasteiger partial charge in [-0.3, -0.25) is 4.79 Å². The van der Waals surface area contributed by atoms with Crippen LogP contribution in [0.3, 0.4) is 0 Å². The lowest BCUT2D eigenvalue weighted by molar-refractivity contribution is 0.0924. The van der Waals surface area contributed by atoms with Crippen molar-refractivity contribution in [2.24, 2.45) is 0 Å². The van der Waals surface area contributed by atoms with Gasteiger partial charge in [-0.1, -0.05) is 0 Å². The number of aliphatic hydroxyl groups excluding tert-OH is 1. The molecule has 1 amide bonds. The maximum absolute atomic E-state index is 11.4. The van der Waals surface area contributed by atoms with E-state index in [1.165, 1.54) is 0 Å². The van der Waals surface area contributed by atoms with Crippen LogP contribution in [0.1, 0.15) is 35.6 Å². The number of amides is 1. The second-order valence-corrected chi connectivity index (χ2v) is 3.45. The summed E-state index contributed by atoms with van der Waals surface area (Å²) in [6.07, 6.45) is 2.59. The summed E-state index contributed by atoms with van der Waals surface area (Å²) in [5, 5.41) is 11.3. The van der Waals surface area contributed by atoms with Gasteiger partial charge in [0.05, 0.1) is 0 Å². The van der Waals surface area contributed by atoms with Crippen molar-refractivity contribution in [3.63, 3.8) is 0 Å². The Morgan fingerprint density at radius 2 is 2.20 bits per heavy atom. The molecule has 1 rings (SSSR count). The number of aliphatic hydroxyl groups is 1. The van der Waals surface area contributed by atoms with Gasteiger partial charge in [-0.05, 0) is 38.3 Å². The number of carbonyl (C=O) groups is 1. The lowest BCUT2D eigenvalue weighted by atomic mass is 10.2. The summed E-state index contributed by atoms with van der Waals surface area (Å²) >= 11 is 0. The van der Waals surface area contributed by atoms with Gasteiger partial charge in [0.15, 0.2) is 5.76 Å². The van der Waals surface area contributed by atoms with E-state index in [2.05, 4.69) is 5.32 Å². The first kappa shape index (κ1) is 11.8. The Bertz CT molecular complexity index is 307. The largest absolute Gasteiger partial charge is 0.456 e. The van der Waals surface area contributed by atoms with Crippen LogP contribution in [0.4, 0.5) is 0 Å². The molecule has 0 fully saturated rings. The summed E-state index contributed by atoms with van der Waals surface area (Å²) in [5.74, 6) is 0.919. The molecule has 0 aromatic carbocycles. The highest BCUT2D eigenvalue weighted by atomic mass is 16.3. The fraction of sp³-hybridized carbons (Fsp3) is 0.545. The van der Waals surface area contributed by atoms with Gasteiger partial charge in [0, 0.05) is 13.2 Å². The molecular formula is C11H17NO3. The summed E-state index contributed by atoms with van der Waals surface area (Å²) < 4.78 is 5.17. The normalized spacial score (nSPS) is 10.3. The molecule has 84 valence electrons. The van der Waals surface area contributed by atoms with Crippen molar-refractivity contribution in [2.75, 3.05) is 13.2 Å². The zero-order valence-electron chi connectivity index (χ0n) is 8.95. The minimum Gasteiger partial charge on any atom is -0.456 e. The summed E-state index contributed by atoms with van der Waals surface area (Å²) in [5.41, 5.74) is 0. The Morgan fingerprint density at radius 1 is 1.40 bits per heavy atom. The van der Waals surface area contributed by atoms with Gasteiger partial charge in [0.2, 0.25) is 0 Å². The molecule has 2 N–H and O–H groups in total. The molecule has 0 unspecified atom stereocenters. The molecule has 4 heteroatoms. The predicted octanol–water partition coefficient (Wildman–Crippen LogP) is 1.48. The first-order valence-electron chi connectivity index (χ1n) is 5.19. The van der Waals surface area contributed by atoms with Gasteiger partial charge in [-0.2, -0.15) is 0 Å². The molecule has 1 aromatic rings. The monoisotopic (exact) mass is 211 g/mol. The van der Waals surface area contributed by atoms with Gasteiger partial charge < -0.3 is 14.8 Å². The average molecular weight is 211 g/mol. The van der Waals surface area contributed by atoms with Crippen molar-refractivity contribution in [1.82, 2.24) is 5.32 Å². The van der Waals surface area contributed by atoms with Gasteiger partial charge in [-0.15, -0.1) is 0 Å². The smallest absolute Gasteiger partial charge is 0.286 e. The van der Waals surface area contributed by atoms with Crippen LogP contribution >= 0.6 is 0 Å². The van der Waals surface area contributed by atoms with Gasteiger partial charge >= 0.3 is 0 Å². The SMILES string of the molecule is Cc1ccc(C(=O)NCCCCCO)o1. The molecule has 0 bridgehead atoms. The Balaban J connectivity index is 2.19. The zero-order chi connectivity index (χ0) is 11.1. The minimum atomic E-state index is -0.174. The number of carbonyl (C=O) groups excluding carboxylic acids is 1. The Kier molecular flexibility index (Phi) is 4.90. The van der Waals surface area contributed by atoms with E-state index < -0.39 is 0 Å². The molecule has 0 aliphatic heterocycles.